The van der Waals surface area contributed by atoms with Gasteiger partial charge in [-0.3, -0.25) is 4.79 Å². The first-order valence-electron chi connectivity index (χ1n) is 11.2. The van der Waals surface area contributed by atoms with E-state index >= 15 is 0 Å². The Bertz CT molecular complexity index is 990. The lowest BCUT2D eigenvalue weighted by atomic mass is 9.72. The number of hydrogen-bond donors (Lipinski definition) is 0. The second-order valence-corrected chi connectivity index (χ2v) is 9.04. The van der Waals surface area contributed by atoms with Gasteiger partial charge in [0.15, 0.2) is 5.82 Å². The summed E-state index contributed by atoms with van der Waals surface area (Å²) in [6, 6.07) is 8.71. The van der Waals surface area contributed by atoms with E-state index in [0.717, 1.165) is 55.9 Å². The molecule has 1 saturated heterocycles. The lowest BCUT2D eigenvalue weighted by Crippen LogP contribution is -2.54. The van der Waals surface area contributed by atoms with Crippen LogP contribution >= 0.6 is 0 Å². The van der Waals surface area contributed by atoms with Gasteiger partial charge < -0.3 is 14.5 Å². The Hall–Kier alpha value is -2.73. The summed E-state index contributed by atoms with van der Waals surface area (Å²) in [5.41, 5.74) is 3.87. The van der Waals surface area contributed by atoms with Gasteiger partial charge in [-0.15, -0.1) is 0 Å². The molecule has 0 bridgehead atoms. The Morgan fingerprint density at radius 2 is 2.00 bits per heavy atom. The van der Waals surface area contributed by atoms with E-state index < -0.39 is 0 Å². The molecular formula is C25H30N4O2. The molecule has 31 heavy (non-hydrogen) atoms. The first-order chi connectivity index (χ1) is 15.1. The fourth-order valence-electron chi connectivity index (χ4n) is 5.67. The van der Waals surface area contributed by atoms with Crippen LogP contribution in [0.15, 0.2) is 42.7 Å². The van der Waals surface area contributed by atoms with Crippen molar-refractivity contribution in [2.75, 3.05) is 33.8 Å². The van der Waals surface area contributed by atoms with E-state index in [2.05, 4.69) is 46.2 Å². The van der Waals surface area contributed by atoms with Gasteiger partial charge in [0, 0.05) is 38.1 Å². The van der Waals surface area contributed by atoms with Crippen LogP contribution in [0, 0.1) is 11.8 Å². The number of benzene rings is 1. The van der Waals surface area contributed by atoms with Gasteiger partial charge >= 0.3 is 0 Å². The number of nitrogens with zero attached hydrogens (tertiary/aromatic N) is 4. The average Bonchev–Trinajstić information content (AvgIpc) is 2.83. The second kappa shape index (κ2) is 8.42. The molecule has 2 aliphatic heterocycles. The summed E-state index contributed by atoms with van der Waals surface area (Å²) in [5.74, 6) is 2.62. The molecule has 3 aliphatic rings. The Morgan fingerprint density at radius 3 is 2.74 bits per heavy atom. The van der Waals surface area contributed by atoms with Gasteiger partial charge in [-0.1, -0.05) is 18.2 Å². The van der Waals surface area contributed by atoms with E-state index in [1.165, 1.54) is 11.1 Å². The number of methoxy groups -OCH3 is 1. The normalized spacial score (nSPS) is 25.9. The number of likely N-dealkylation sites (tertiary alicyclic amines) is 1. The van der Waals surface area contributed by atoms with Crippen molar-refractivity contribution in [1.82, 2.24) is 19.8 Å². The molecule has 1 aliphatic carbocycles. The highest BCUT2D eigenvalue weighted by Crippen LogP contribution is 2.40. The smallest absolute Gasteiger partial charge is 0.227 e. The number of carbonyl (C=O) groups excluding carboxylic acids is 1. The average molecular weight is 419 g/mol. The van der Waals surface area contributed by atoms with Crippen LogP contribution in [0.25, 0.3) is 5.57 Å². The van der Waals surface area contributed by atoms with E-state index in [4.69, 9.17) is 4.74 Å². The number of likely N-dealkylation sites (N-methyl/N-ethyl adjacent to an activating group) is 1. The minimum Gasteiger partial charge on any atom is -0.496 e. The molecule has 1 aromatic heterocycles. The van der Waals surface area contributed by atoms with Crippen molar-refractivity contribution in [3.63, 3.8) is 0 Å². The van der Waals surface area contributed by atoms with Crippen molar-refractivity contribution in [3.8, 4) is 5.75 Å². The zero-order chi connectivity index (χ0) is 21.4. The van der Waals surface area contributed by atoms with Gasteiger partial charge in [0.25, 0.3) is 0 Å². The fourth-order valence-corrected chi connectivity index (χ4v) is 5.67. The highest BCUT2D eigenvalue weighted by atomic mass is 16.5. The third kappa shape index (κ3) is 3.85. The molecule has 5 rings (SSSR count). The van der Waals surface area contributed by atoms with Crippen LogP contribution in [0.3, 0.4) is 0 Å². The van der Waals surface area contributed by atoms with Crippen LogP contribution in [-0.2, 0) is 17.6 Å². The van der Waals surface area contributed by atoms with Crippen molar-refractivity contribution in [3.05, 3.63) is 59.7 Å². The minimum atomic E-state index is 0.0606. The molecule has 0 spiro atoms. The van der Waals surface area contributed by atoms with Crippen LogP contribution in [0.4, 0.5) is 0 Å². The van der Waals surface area contributed by atoms with E-state index in [-0.39, 0.29) is 5.92 Å². The molecule has 1 amide bonds. The van der Waals surface area contributed by atoms with E-state index in [1.807, 2.05) is 11.0 Å². The third-order valence-corrected chi connectivity index (χ3v) is 7.27. The van der Waals surface area contributed by atoms with Gasteiger partial charge in [0.1, 0.15) is 5.75 Å². The van der Waals surface area contributed by atoms with Gasteiger partial charge in [-0.2, -0.15) is 0 Å². The Morgan fingerprint density at radius 1 is 1.16 bits per heavy atom. The summed E-state index contributed by atoms with van der Waals surface area (Å²) in [5, 5.41) is 0. The lowest BCUT2D eigenvalue weighted by molar-refractivity contribution is -0.138. The number of amides is 1. The summed E-state index contributed by atoms with van der Waals surface area (Å²) in [4.78, 5) is 26.5. The fraction of sp³-hybridized carbons (Fsp3) is 0.480. The van der Waals surface area contributed by atoms with Crippen LogP contribution < -0.4 is 4.74 Å². The predicted octanol–water partition coefficient (Wildman–Crippen LogP) is 2.84. The van der Waals surface area contributed by atoms with Crippen LogP contribution in [0.5, 0.6) is 5.75 Å². The molecule has 0 saturated carbocycles. The number of aromatic nitrogens is 2. The third-order valence-electron chi connectivity index (χ3n) is 7.27. The monoisotopic (exact) mass is 418 g/mol. The Labute approximate surface area is 183 Å². The number of rotatable bonds is 3. The quantitative estimate of drug-likeness (QED) is 0.767. The van der Waals surface area contributed by atoms with Crippen molar-refractivity contribution in [2.45, 2.75) is 31.7 Å². The maximum atomic E-state index is 13.4. The van der Waals surface area contributed by atoms with Crippen molar-refractivity contribution in [2.24, 2.45) is 11.8 Å². The maximum absolute atomic E-state index is 13.4. The minimum absolute atomic E-state index is 0.0606. The SMILES string of the molecule is COc1cccc2c1C[C@H]1C[C@@H](C(=O)N3CC=C(c4ncccn4)CC3)CN(C)[C@@H]1C2. The number of hydrogen-bond acceptors (Lipinski definition) is 5. The second-order valence-electron chi connectivity index (χ2n) is 9.04. The summed E-state index contributed by atoms with van der Waals surface area (Å²) >= 11 is 0. The van der Waals surface area contributed by atoms with Crippen LogP contribution in [0.1, 0.15) is 29.8 Å². The van der Waals surface area contributed by atoms with Crippen LogP contribution in [0.2, 0.25) is 0 Å². The number of ether oxygens (including phenoxy) is 1. The standard InChI is InChI=1S/C25H30N4O2/c1-28-16-20(13-19-14-21-18(15-22(19)28)5-3-6-23(21)31-2)25(30)29-11-7-17(8-12-29)24-26-9-4-10-27-24/h3-7,9-10,19-20,22H,8,11-16H2,1-2H3/t19-,20-,22-/m1/s1. The highest BCUT2D eigenvalue weighted by molar-refractivity contribution is 5.80. The molecule has 1 aromatic carbocycles. The van der Waals surface area contributed by atoms with Gasteiger partial charge in [-0.25, -0.2) is 9.97 Å². The zero-order valence-electron chi connectivity index (χ0n) is 18.3. The molecule has 162 valence electrons. The van der Waals surface area contributed by atoms with E-state index in [1.54, 1.807) is 19.5 Å². The van der Waals surface area contributed by atoms with Gasteiger partial charge in [-0.05, 0) is 67.5 Å². The molecule has 3 heterocycles. The summed E-state index contributed by atoms with van der Waals surface area (Å²) in [6.45, 7) is 2.24. The molecule has 6 heteroatoms. The number of fused-ring (bicyclic) bond motifs is 2. The van der Waals surface area contributed by atoms with Crippen molar-refractivity contribution in [1.29, 1.82) is 0 Å². The summed E-state index contributed by atoms with van der Waals surface area (Å²) < 4.78 is 5.63. The molecule has 6 nitrogen and oxygen atoms in total. The Balaban J connectivity index is 1.28. The predicted molar refractivity (Wildman–Crippen MR) is 120 cm³/mol. The van der Waals surface area contributed by atoms with Crippen LogP contribution in [-0.4, -0.2) is 65.5 Å². The molecule has 0 radical (unpaired) electrons. The van der Waals surface area contributed by atoms with Gasteiger partial charge in [0.05, 0.1) is 13.0 Å². The lowest BCUT2D eigenvalue weighted by Gasteiger charge is -2.46. The molecule has 0 N–H and O–H groups in total. The van der Waals surface area contributed by atoms with Crippen molar-refractivity contribution >= 4 is 11.5 Å². The number of carbonyl (C=O) groups is 1. The van der Waals surface area contributed by atoms with E-state index in [9.17, 15) is 4.79 Å². The molecular weight excluding hydrogens is 388 g/mol. The molecule has 2 aromatic rings. The van der Waals surface area contributed by atoms with E-state index in [0.29, 0.717) is 24.4 Å². The molecule has 1 fully saturated rings. The topological polar surface area (TPSA) is 58.6 Å². The molecule has 3 atom stereocenters. The molecule has 0 unspecified atom stereocenters. The Kier molecular flexibility index (Phi) is 5.48. The zero-order valence-corrected chi connectivity index (χ0v) is 18.3. The summed E-state index contributed by atoms with van der Waals surface area (Å²) in [6.07, 6.45) is 9.47. The maximum Gasteiger partial charge on any atom is 0.227 e. The number of piperidine rings is 1. The van der Waals surface area contributed by atoms with Gasteiger partial charge in [0.2, 0.25) is 5.91 Å². The largest absolute Gasteiger partial charge is 0.496 e. The summed E-state index contributed by atoms with van der Waals surface area (Å²) in [7, 11) is 3.93. The van der Waals surface area contributed by atoms with Crippen molar-refractivity contribution < 1.29 is 9.53 Å². The first kappa shape index (κ1) is 20.2. The first-order valence-corrected chi connectivity index (χ1v) is 11.2. The highest BCUT2D eigenvalue weighted by Gasteiger charge is 2.41.